The molecule has 2 heteroatoms. The van der Waals surface area contributed by atoms with Gasteiger partial charge in [0.05, 0.1) is 0 Å². The second-order valence-electron chi connectivity index (χ2n) is 5.60. The second kappa shape index (κ2) is 8.08. The van der Waals surface area contributed by atoms with E-state index in [1.165, 1.54) is 58.0 Å². The van der Waals surface area contributed by atoms with Gasteiger partial charge in [0.25, 0.3) is 0 Å². The van der Waals surface area contributed by atoms with E-state index in [2.05, 4.69) is 18.9 Å². The lowest BCUT2D eigenvalue weighted by atomic mass is 9.89. The molecule has 0 aromatic heterocycles. The third-order valence-electron chi connectivity index (χ3n) is 3.84. The average Bonchev–Trinajstić information content (AvgIpc) is 2.28. The number of nitrogens with two attached hydrogens (primary N) is 1. The van der Waals surface area contributed by atoms with E-state index in [1.807, 2.05) is 0 Å². The van der Waals surface area contributed by atoms with Crippen LogP contribution in [0.4, 0.5) is 0 Å². The van der Waals surface area contributed by atoms with Crippen molar-refractivity contribution in [2.75, 3.05) is 20.1 Å². The highest BCUT2D eigenvalue weighted by atomic mass is 15.1. The minimum absolute atomic E-state index is 0.416. The summed E-state index contributed by atoms with van der Waals surface area (Å²) in [6, 6.07) is 0.416. The third kappa shape index (κ3) is 5.86. The Morgan fingerprint density at radius 3 is 2.50 bits per heavy atom. The zero-order chi connectivity index (χ0) is 11.8. The van der Waals surface area contributed by atoms with Crippen LogP contribution in [0.25, 0.3) is 0 Å². The molecule has 0 amide bonds. The lowest BCUT2D eigenvalue weighted by Gasteiger charge is -2.27. The van der Waals surface area contributed by atoms with Gasteiger partial charge in [-0.25, -0.2) is 0 Å². The van der Waals surface area contributed by atoms with Crippen LogP contribution in [0.3, 0.4) is 0 Å². The number of hydrogen-bond acceptors (Lipinski definition) is 2. The van der Waals surface area contributed by atoms with Crippen molar-refractivity contribution in [3.05, 3.63) is 0 Å². The van der Waals surface area contributed by atoms with Gasteiger partial charge in [-0.15, -0.1) is 0 Å². The van der Waals surface area contributed by atoms with Crippen molar-refractivity contribution in [1.82, 2.24) is 4.90 Å². The van der Waals surface area contributed by atoms with Gasteiger partial charge in [0.1, 0.15) is 0 Å². The molecule has 1 fully saturated rings. The largest absolute Gasteiger partial charge is 0.328 e. The second-order valence-corrected chi connectivity index (χ2v) is 5.60. The molecule has 0 aromatic carbocycles. The van der Waals surface area contributed by atoms with E-state index < -0.39 is 0 Å². The monoisotopic (exact) mass is 226 g/mol. The summed E-state index contributed by atoms with van der Waals surface area (Å²) >= 11 is 0. The fourth-order valence-corrected chi connectivity index (χ4v) is 2.80. The molecule has 2 nitrogen and oxygen atoms in total. The van der Waals surface area contributed by atoms with Crippen molar-refractivity contribution in [3.63, 3.8) is 0 Å². The summed E-state index contributed by atoms with van der Waals surface area (Å²) in [7, 11) is 2.26. The fraction of sp³-hybridized carbons (Fsp3) is 1.00. The minimum atomic E-state index is 0.416. The minimum Gasteiger partial charge on any atom is -0.328 e. The summed E-state index contributed by atoms with van der Waals surface area (Å²) in [5, 5.41) is 0. The van der Waals surface area contributed by atoms with E-state index in [9.17, 15) is 0 Å². The van der Waals surface area contributed by atoms with Gasteiger partial charge in [-0.05, 0) is 45.2 Å². The predicted molar refractivity (Wildman–Crippen MR) is 71.6 cm³/mol. The predicted octanol–water partition coefficient (Wildman–Crippen LogP) is 3.02. The summed E-state index contributed by atoms with van der Waals surface area (Å²) in [5.74, 6) is 0.959. The Morgan fingerprint density at radius 2 is 1.88 bits per heavy atom. The van der Waals surface area contributed by atoms with Crippen LogP contribution < -0.4 is 5.73 Å². The maximum atomic E-state index is 6.04. The van der Waals surface area contributed by atoms with E-state index in [4.69, 9.17) is 5.73 Å². The molecule has 0 spiro atoms. The average molecular weight is 226 g/mol. The quantitative estimate of drug-likeness (QED) is 0.723. The first-order valence-electron chi connectivity index (χ1n) is 7.16. The van der Waals surface area contributed by atoms with Gasteiger partial charge in [0.2, 0.25) is 0 Å². The van der Waals surface area contributed by atoms with Crippen LogP contribution in [-0.2, 0) is 0 Å². The van der Waals surface area contributed by atoms with Crippen molar-refractivity contribution >= 4 is 0 Å². The first kappa shape index (κ1) is 14.0. The molecule has 1 unspecified atom stereocenters. The van der Waals surface area contributed by atoms with Crippen molar-refractivity contribution in [2.45, 2.75) is 64.3 Å². The highest BCUT2D eigenvalue weighted by Gasteiger charge is 2.15. The first-order valence-corrected chi connectivity index (χ1v) is 7.16. The van der Waals surface area contributed by atoms with Crippen molar-refractivity contribution in [2.24, 2.45) is 11.7 Å². The normalized spacial score (nSPS) is 20.2. The van der Waals surface area contributed by atoms with Crippen molar-refractivity contribution in [1.29, 1.82) is 0 Å². The molecule has 1 aliphatic rings. The third-order valence-corrected chi connectivity index (χ3v) is 3.84. The molecule has 0 radical (unpaired) electrons. The number of nitrogens with zero attached hydrogens (tertiary/aromatic N) is 1. The molecule has 0 aliphatic heterocycles. The van der Waals surface area contributed by atoms with Crippen LogP contribution in [-0.4, -0.2) is 31.1 Å². The molecule has 0 saturated heterocycles. The Balaban J connectivity index is 2.07. The molecular weight excluding hydrogens is 196 g/mol. The van der Waals surface area contributed by atoms with Gasteiger partial charge in [0.15, 0.2) is 0 Å². The van der Waals surface area contributed by atoms with Crippen LogP contribution in [0, 0.1) is 5.92 Å². The van der Waals surface area contributed by atoms with E-state index in [-0.39, 0.29) is 0 Å². The van der Waals surface area contributed by atoms with Gasteiger partial charge in [-0.1, -0.05) is 32.6 Å². The highest BCUT2D eigenvalue weighted by molar-refractivity contribution is 4.70. The molecule has 1 aliphatic carbocycles. The van der Waals surface area contributed by atoms with Crippen molar-refractivity contribution in [3.8, 4) is 0 Å². The smallest absolute Gasteiger partial charge is 0.00509 e. The van der Waals surface area contributed by atoms with Crippen LogP contribution in [0.1, 0.15) is 58.3 Å². The Hall–Kier alpha value is -0.0800. The Morgan fingerprint density at radius 1 is 1.19 bits per heavy atom. The van der Waals surface area contributed by atoms with Crippen LogP contribution >= 0.6 is 0 Å². The topological polar surface area (TPSA) is 29.3 Å². The first-order chi connectivity index (χ1) is 7.72. The van der Waals surface area contributed by atoms with Gasteiger partial charge in [0, 0.05) is 12.6 Å². The summed E-state index contributed by atoms with van der Waals surface area (Å²) in [6.07, 6.45) is 10.8. The summed E-state index contributed by atoms with van der Waals surface area (Å²) in [4.78, 5) is 2.49. The molecule has 1 saturated carbocycles. The number of rotatable bonds is 7. The SMILES string of the molecule is CCCC(N)CCN(C)CC1CCCCC1. The van der Waals surface area contributed by atoms with E-state index in [1.54, 1.807) is 0 Å². The molecule has 0 bridgehead atoms. The lowest BCUT2D eigenvalue weighted by Crippen LogP contribution is -2.32. The maximum absolute atomic E-state index is 6.04. The molecule has 0 aromatic rings. The van der Waals surface area contributed by atoms with Crippen molar-refractivity contribution < 1.29 is 0 Å². The van der Waals surface area contributed by atoms with Gasteiger partial charge in [-0.2, -0.15) is 0 Å². The zero-order valence-electron chi connectivity index (χ0n) is 11.3. The summed E-state index contributed by atoms with van der Waals surface area (Å²) in [5.41, 5.74) is 6.04. The summed E-state index contributed by atoms with van der Waals surface area (Å²) < 4.78 is 0. The van der Waals surface area contributed by atoms with E-state index >= 15 is 0 Å². The zero-order valence-corrected chi connectivity index (χ0v) is 11.3. The maximum Gasteiger partial charge on any atom is 0.00509 e. The molecule has 0 heterocycles. The van der Waals surface area contributed by atoms with Crippen LogP contribution in [0.5, 0.6) is 0 Å². The molecule has 2 N–H and O–H groups in total. The van der Waals surface area contributed by atoms with Gasteiger partial charge < -0.3 is 10.6 Å². The van der Waals surface area contributed by atoms with Gasteiger partial charge in [-0.3, -0.25) is 0 Å². The standard InChI is InChI=1S/C14H30N2/c1-3-7-14(15)10-11-16(2)12-13-8-5-4-6-9-13/h13-14H,3-12,15H2,1-2H3. The van der Waals surface area contributed by atoms with E-state index in [0.29, 0.717) is 6.04 Å². The molecule has 16 heavy (non-hydrogen) atoms. The summed E-state index contributed by atoms with van der Waals surface area (Å²) in [6.45, 7) is 4.68. The van der Waals surface area contributed by atoms with Gasteiger partial charge >= 0.3 is 0 Å². The molecule has 96 valence electrons. The van der Waals surface area contributed by atoms with Crippen LogP contribution in [0.2, 0.25) is 0 Å². The molecular formula is C14H30N2. The lowest BCUT2D eigenvalue weighted by molar-refractivity contribution is 0.227. The fourth-order valence-electron chi connectivity index (χ4n) is 2.80. The number of hydrogen-bond donors (Lipinski definition) is 1. The Bertz CT molecular complexity index is 164. The van der Waals surface area contributed by atoms with Crippen LogP contribution in [0.15, 0.2) is 0 Å². The highest BCUT2D eigenvalue weighted by Crippen LogP contribution is 2.24. The Labute approximate surface area is 102 Å². The Kier molecular flexibility index (Phi) is 7.06. The molecule has 1 atom stereocenters. The molecule has 1 rings (SSSR count). The van der Waals surface area contributed by atoms with E-state index in [0.717, 1.165) is 12.3 Å².